The molecule has 0 spiro atoms. The van der Waals surface area contributed by atoms with Crippen molar-refractivity contribution < 1.29 is 0 Å². The van der Waals surface area contributed by atoms with Crippen molar-refractivity contribution in [2.75, 3.05) is 13.1 Å². The van der Waals surface area contributed by atoms with Crippen LogP contribution in [0.5, 0.6) is 0 Å². The maximum atomic E-state index is 3.47. The molecule has 0 saturated carbocycles. The Morgan fingerprint density at radius 3 is 2.67 bits per heavy atom. The summed E-state index contributed by atoms with van der Waals surface area (Å²) in [6.07, 6.45) is 3.45. The van der Waals surface area contributed by atoms with E-state index in [0.717, 1.165) is 25.4 Å². The molecule has 0 aliphatic heterocycles. The van der Waals surface area contributed by atoms with Crippen molar-refractivity contribution in [3.05, 3.63) is 41.0 Å². The third-order valence-corrected chi connectivity index (χ3v) is 3.14. The highest BCUT2D eigenvalue weighted by molar-refractivity contribution is 5.66. The van der Waals surface area contributed by atoms with Crippen molar-refractivity contribution in [1.29, 1.82) is 0 Å². The minimum Gasteiger partial charge on any atom is -0.316 e. The van der Waals surface area contributed by atoms with Gasteiger partial charge in [-0.2, -0.15) is 0 Å². The third kappa shape index (κ3) is 5.05. The first kappa shape index (κ1) is 15.0. The first-order valence-electron chi connectivity index (χ1n) is 6.96. The van der Waals surface area contributed by atoms with Crippen molar-refractivity contribution >= 4 is 5.57 Å². The molecule has 0 aliphatic carbocycles. The summed E-state index contributed by atoms with van der Waals surface area (Å²) in [4.78, 5) is 0. The molecule has 0 fully saturated rings. The van der Waals surface area contributed by atoms with Gasteiger partial charge in [0.2, 0.25) is 0 Å². The van der Waals surface area contributed by atoms with Crippen LogP contribution in [-0.4, -0.2) is 13.1 Å². The summed E-state index contributed by atoms with van der Waals surface area (Å²) in [7, 11) is 0. The molecule has 0 atom stereocenters. The standard InChI is InChI=1S/C17H27N/c1-13(2)12-18-10-6-7-15(4)17-11-14(3)8-9-16(17)5/h7-9,11,13,18H,6,10,12H2,1-5H3. The quantitative estimate of drug-likeness (QED) is 0.735. The smallest absolute Gasteiger partial charge is 0.00139 e. The number of nitrogens with one attached hydrogen (secondary N) is 1. The van der Waals surface area contributed by atoms with E-state index >= 15 is 0 Å². The van der Waals surface area contributed by atoms with Gasteiger partial charge in [0.25, 0.3) is 0 Å². The van der Waals surface area contributed by atoms with Crippen LogP contribution in [0.2, 0.25) is 0 Å². The minimum atomic E-state index is 0.731. The molecule has 1 heteroatoms. The molecule has 0 bridgehead atoms. The zero-order valence-electron chi connectivity index (χ0n) is 12.5. The predicted molar refractivity (Wildman–Crippen MR) is 81.9 cm³/mol. The van der Waals surface area contributed by atoms with Gasteiger partial charge in [-0.05, 0) is 62.9 Å². The van der Waals surface area contributed by atoms with Crippen LogP contribution in [0.15, 0.2) is 24.3 Å². The lowest BCUT2D eigenvalue weighted by Gasteiger charge is -2.09. The summed E-state index contributed by atoms with van der Waals surface area (Å²) < 4.78 is 0. The molecule has 0 aliphatic rings. The number of benzene rings is 1. The van der Waals surface area contributed by atoms with Gasteiger partial charge in [0.15, 0.2) is 0 Å². The predicted octanol–water partition coefficient (Wildman–Crippen LogP) is 4.34. The second-order valence-corrected chi connectivity index (χ2v) is 5.59. The van der Waals surface area contributed by atoms with Gasteiger partial charge in [-0.1, -0.05) is 43.7 Å². The second kappa shape index (κ2) is 7.38. The Hall–Kier alpha value is -1.08. The Bertz CT molecular complexity index is 402. The van der Waals surface area contributed by atoms with Gasteiger partial charge in [0.05, 0.1) is 0 Å². The largest absolute Gasteiger partial charge is 0.316 e. The Kier molecular flexibility index (Phi) is 6.14. The fourth-order valence-corrected chi connectivity index (χ4v) is 2.05. The van der Waals surface area contributed by atoms with E-state index in [1.807, 2.05) is 0 Å². The third-order valence-electron chi connectivity index (χ3n) is 3.14. The molecule has 1 nitrogen and oxygen atoms in total. The summed E-state index contributed by atoms with van der Waals surface area (Å²) in [6, 6.07) is 6.66. The molecule has 1 aromatic rings. The maximum absolute atomic E-state index is 3.47. The zero-order chi connectivity index (χ0) is 13.5. The fourth-order valence-electron chi connectivity index (χ4n) is 2.05. The summed E-state index contributed by atoms with van der Waals surface area (Å²) in [5.41, 5.74) is 5.48. The van der Waals surface area contributed by atoms with Crippen molar-refractivity contribution in [3.63, 3.8) is 0 Å². The maximum Gasteiger partial charge on any atom is -0.00139 e. The molecule has 18 heavy (non-hydrogen) atoms. The lowest BCUT2D eigenvalue weighted by molar-refractivity contribution is 0.557. The van der Waals surface area contributed by atoms with Crippen LogP contribution in [0.25, 0.3) is 5.57 Å². The number of rotatable bonds is 6. The van der Waals surface area contributed by atoms with E-state index in [1.54, 1.807) is 0 Å². The van der Waals surface area contributed by atoms with E-state index in [9.17, 15) is 0 Å². The van der Waals surface area contributed by atoms with Crippen molar-refractivity contribution in [3.8, 4) is 0 Å². The number of hydrogen-bond acceptors (Lipinski definition) is 1. The van der Waals surface area contributed by atoms with Crippen LogP contribution >= 0.6 is 0 Å². The van der Waals surface area contributed by atoms with Crippen LogP contribution in [0.3, 0.4) is 0 Å². The lowest BCUT2D eigenvalue weighted by Crippen LogP contribution is -2.20. The molecule has 0 aromatic heterocycles. The number of allylic oxidation sites excluding steroid dienone is 1. The van der Waals surface area contributed by atoms with E-state index in [2.05, 4.69) is 64.2 Å². The molecule has 0 heterocycles. The summed E-state index contributed by atoms with van der Waals surface area (Å²) in [5, 5.41) is 3.47. The molecular formula is C17H27N. The van der Waals surface area contributed by atoms with Gasteiger partial charge in [0, 0.05) is 0 Å². The van der Waals surface area contributed by atoms with Crippen LogP contribution in [0.1, 0.15) is 43.9 Å². The van der Waals surface area contributed by atoms with Gasteiger partial charge < -0.3 is 5.32 Å². The summed E-state index contributed by atoms with van der Waals surface area (Å²) in [5.74, 6) is 0.731. The summed E-state index contributed by atoms with van der Waals surface area (Å²) >= 11 is 0. The fraction of sp³-hybridized carbons (Fsp3) is 0.529. The van der Waals surface area contributed by atoms with Crippen molar-refractivity contribution in [2.45, 2.75) is 41.0 Å². The Morgan fingerprint density at radius 2 is 2.00 bits per heavy atom. The molecule has 0 radical (unpaired) electrons. The molecule has 100 valence electrons. The van der Waals surface area contributed by atoms with E-state index < -0.39 is 0 Å². The SMILES string of the molecule is CC(=CCCNCC(C)C)c1cc(C)ccc1C. The van der Waals surface area contributed by atoms with Crippen LogP contribution in [0.4, 0.5) is 0 Å². The zero-order valence-corrected chi connectivity index (χ0v) is 12.5. The number of aryl methyl sites for hydroxylation is 2. The van der Waals surface area contributed by atoms with E-state index in [4.69, 9.17) is 0 Å². The van der Waals surface area contributed by atoms with E-state index in [0.29, 0.717) is 0 Å². The average molecular weight is 245 g/mol. The highest BCUT2D eigenvalue weighted by Gasteiger charge is 2.00. The summed E-state index contributed by atoms with van der Waals surface area (Å²) in [6.45, 7) is 13.2. The molecule has 0 saturated heterocycles. The monoisotopic (exact) mass is 245 g/mol. The Labute approximate surface area is 112 Å². The first-order chi connectivity index (χ1) is 8.50. The van der Waals surface area contributed by atoms with Gasteiger partial charge in [-0.3, -0.25) is 0 Å². The second-order valence-electron chi connectivity index (χ2n) is 5.59. The molecule has 1 aromatic carbocycles. The van der Waals surface area contributed by atoms with Crippen molar-refractivity contribution in [2.24, 2.45) is 5.92 Å². The number of hydrogen-bond donors (Lipinski definition) is 1. The van der Waals surface area contributed by atoms with E-state index in [1.165, 1.54) is 22.3 Å². The van der Waals surface area contributed by atoms with Gasteiger partial charge in [-0.15, -0.1) is 0 Å². The average Bonchev–Trinajstić information content (AvgIpc) is 2.31. The normalized spacial score (nSPS) is 12.2. The van der Waals surface area contributed by atoms with Gasteiger partial charge in [-0.25, -0.2) is 0 Å². The highest BCUT2D eigenvalue weighted by atomic mass is 14.8. The van der Waals surface area contributed by atoms with Crippen LogP contribution < -0.4 is 5.32 Å². The molecule has 1 N–H and O–H groups in total. The Morgan fingerprint density at radius 1 is 1.28 bits per heavy atom. The Balaban J connectivity index is 2.52. The topological polar surface area (TPSA) is 12.0 Å². The van der Waals surface area contributed by atoms with Crippen molar-refractivity contribution in [1.82, 2.24) is 5.32 Å². The van der Waals surface area contributed by atoms with Gasteiger partial charge >= 0.3 is 0 Å². The minimum absolute atomic E-state index is 0.731. The first-order valence-corrected chi connectivity index (χ1v) is 6.96. The molecule has 1 rings (SSSR count). The van der Waals surface area contributed by atoms with E-state index in [-0.39, 0.29) is 0 Å². The molecule has 0 amide bonds. The molecular weight excluding hydrogens is 218 g/mol. The van der Waals surface area contributed by atoms with Gasteiger partial charge in [0.1, 0.15) is 0 Å². The van der Waals surface area contributed by atoms with Crippen LogP contribution in [-0.2, 0) is 0 Å². The molecule has 0 unspecified atom stereocenters. The van der Waals surface area contributed by atoms with Crippen LogP contribution in [0, 0.1) is 19.8 Å². The lowest BCUT2D eigenvalue weighted by atomic mass is 9.99. The highest BCUT2D eigenvalue weighted by Crippen LogP contribution is 2.20.